The van der Waals surface area contributed by atoms with Gasteiger partial charge in [-0.15, -0.1) is 0 Å². The lowest BCUT2D eigenvalue weighted by atomic mass is 9.93. The first-order valence-corrected chi connectivity index (χ1v) is 34.7. The molecule has 7 aromatic carbocycles. The number of aromatic amines is 2. The van der Waals surface area contributed by atoms with E-state index in [2.05, 4.69) is 30.2 Å². The largest absolute Gasteiger partial charge is 0.493 e. The summed E-state index contributed by atoms with van der Waals surface area (Å²) in [6.07, 6.45) is 13.0. The van der Waals surface area contributed by atoms with Gasteiger partial charge in [-0.3, -0.25) is 4.79 Å². The molecule has 18 nitrogen and oxygen atoms in total. The molecular formula is C83H74F6N10O8S. The minimum atomic E-state index is -4.09. The number of methoxy groups -OCH3 is 3. The number of nitrogens with two attached hydrogens (primary N) is 2. The van der Waals surface area contributed by atoms with Crippen LogP contribution in [0.25, 0.3) is 99.9 Å². The normalized spacial score (nSPS) is 11.7. The maximum Gasteiger partial charge on any atom is 0.346 e. The topological polar surface area (TPSA) is 279 Å². The van der Waals surface area contributed by atoms with Crippen molar-refractivity contribution < 1.29 is 63.7 Å². The number of carboxylic acid groups (broad SMARTS) is 1. The molecule has 8 N–H and O–H groups in total. The average molecular weight is 1490 g/mol. The minimum Gasteiger partial charge on any atom is -0.493 e. The summed E-state index contributed by atoms with van der Waals surface area (Å²) in [6, 6.07) is 41.4. The summed E-state index contributed by atoms with van der Waals surface area (Å²) in [5.41, 5.74) is 22.7. The molecule has 0 atom stereocenters. The number of aromatic nitrogens is 6. The van der Waals surface area contributed by atoms with Crippen molar-refractivity contribution in [2.45, 2.75) is 60.3 Å². The Morgan fingerprint density at radius 3 is 1.37 bits per heavy atom. The number of halogens is 6. The second-order valence-electron chi connectivity index (χ2n) is 27.1. The number of carbonyl (C=O) groups excluding carboxylic acids is 1. The van der Waals surface area contributed by atoms with Crippen LogP contribution in [0.2, 0.25) is 0 Å². The standard InChI is InChI=1S/C28H27F2N3O2.C27H21F2N3O3S.C20H15F2N3O.C8H11NO2/c1-16(13-28(2,3)4)27(34)33-20-8-6-7-17(9-20)18-10-22-23(15-32-26(22)31-14-18)21-11-19(29)12-24(30)25(21)35-5;1-16-6-8-21(9-7-16)36(33,34)32-15-24(22-12-19(28)13-25(29)26(22)35-2)23-11-18(14-31-27(23)32)17-4-3-5-20(30)10-17;1-26-19-15(7-13(21)8-18(19)22)17-10-25-20-16(17)6-12(9-24-20)11-3-2-4-14(23)5-11;1-8(2,3)4-6(5-9)7(10)11/h6-15H,1-5H3,(H,31,32)(H,33,34);3-15H,30H2,1-2H3;2-10H,23H2,1H3,(H,24,25);4H,1-3H3,(H,10,11)/b16-13+;;;6-4+. The molecule has 0 bridgehead atoms. The van der Waals surface area contributed by atoms with Crippen LogP contribution in [0.1, 0.15) is 54.0 Å². The number of H-pyrrole nitrogens is 2. The Kier molecular flexibility index (Phi) is 23.1. The van der Waals surface area contributed by atoms with E-state index in [-0.39, 0.29) is 66.8 Å². The zero-order valence-corrected chi connectivity index (χ0v) is 61.2. The molecule has 6 heterocycles. The van der Waals surface area contributed by atoms with Gasteiger partial charge in [-0.25, -0.2) is 58.5 Å². The lowest BCUT2D eigenvalue weighted by Gasteiger charge is -2.14. The van der Waals surface area contributed by atoms with Gasteiger partial charge < -0.3 is 46.1 Å². The van der Waals surface area contributed by atoms with E-state index in [0.717, 1.165) is 60.9 Å². The molecule has 0 saturated carbocycles. The summed E-state index contributed by atoms with van der Waals surface area (Å²) in [6.45, 7) is 15.3. The summed E-state index contributed by atoms with van der Waals surface area (Å²) in [7, 11) is -0.129. The van der Waals surface area contributed by atoms with Crippen LogP contribution in [-0.2, 0) is 19.6 Å². The molecule has 0 spiro atoms. The van der Waals surface area contributed by atoms with Crippen LogP contribution in [0.3, 0.4) is 0 Å². The molecule has 0 radical (unpaired) electrons. The molecule has 13 aromatic rings. The number of nitriles is 1. The highest BCUT2D eigenvalue weighted by atomic mass is 32.2. The molecule has 0 aliphatic heterocycles. The van der Waals surface area contributed by atoms with Crippen LogP contribution in [0.15, 0.2) is 217 Å². The Hall–Kier alpha value is -13.0. The van der Waals surface area contributed by atoms with E-state index < -0.39 is 50.9 Å². The van der Waals surface area contributed by atoms with Crippen molar-refractivity contribution in [3.63, 3.8) is 0 Å². The number of aryl methyl sites for hydroxylation is 1. The summed E-state index contributed by atoms with van der Waals surface area (Å²) >= 11 is 0. The van der Waals surface area contributed by atoms with E-state index >= 15 is 0 Å². The number of pyridine rings is 3. The number of carboxylic acids is 1. The number of nitrogen functional groups attached to an aromatic ring is 2. The number of benzene rings is 7. The van der Waals surface area contributed by atoms with E-state index in [0.29, 0.717) is 73.0 Å². The van der Waals surface area contributed by atoms with E-state index in [4.69, 9.17) is 36.0 Å². The molecule has 552 valence electrons. The van der Waals surface area contributed by atoms with Crippen LogP contribution < -0.4 is 31.0 Å². The van der Waals surface area contributed by atoms with Gasteiger partial charge >= 0.3 is 5.97 Å². The Bertz CT molecular complexity index is 5830. The SMILES string of the molecule is CC(C)(C)/C=C(\C#N)C(=O)O.COc1c(F)cc(F)cc1-c1c[nH]c2ncc(-c3cccc(N)c3)cc12.COc1c(F)cc(F)cc1-c1c[nH]c2ncc(-c3cccc(NC(=O)/C(C)=C/C(C)(C)C)c3)cc12.COc1c(F)cc(F)cc1-c1cn(S(=O)(=O)c2ccc(C)cc2)c2ncc(-c3cccc(N)c3)cc12. The van der Waals surface area contributed by atoms with E-state index in [9.17, 15) is 44.3 Å². The molecular weight excluding hydrogens is 1410 g/mol. The number of amides is 1. The molecule has 0 saturated heterocycles. The first-order valence-electron chi connectivity index (χ1n) is 33.2. The molecule has 0 unspecified atom stereocenters. The predicted octanol–water partition coefficient (Wildman–Crippen LogP) is 19.2. The van der Waals surface area contributed by atoms with Crippen LogP contribution in [-0.4, -0.2) is 75.6 Å². The minimum absolute atomic E-state index is 0.0124. The Morgan fingerprint density at radius 1 is 0.546 bits per heavy atom. The van der Waals surface area contributed by atoms with Crippen molar-refractivity contribution >= 4 is 72.1 Å². The summed E-state index contributed by atoms with van der Waals surface area (Å²) in [5, 5.41) is 21.5. The second kappa shape index (κ2) is 32.2. The molecule has 0 fully saturated rings. The van der Waals surface area contributed by atoms with Crippen molar-refractivity contribution in [2.75, 3.05) is 38.1 Å². The predicted molar refractivity (Wildman–Crippen MR) is 409 cm³/mol. The molecule has 25 heteroatoms. The van der Waals surface area contributed by atoms with Crippen molar-refractivity contribution in [3.05, 3.63) is 253 Å². The van der Waals surface area contributed by atoms with Gasteiger partial charge in [0.1, 0.15) is 40.4 Å². The average Bonchev–Trinajstić information content (AvgIpc) is 1.60. The molecule has 108 heavy (non-hydrogen) atoms. The third kappa shape index (κ3) is 17.9. The third-order valence-electron chi connectivity index (χ3n) is 16.6. The number of aliphatic carboxylic acids is 1. The number of hydrogen-bond acceptors (Lipinski definition) is 13. The van der Waals surface area contributed by atoms with Gasteiger partial charge in [0.25, 0.3) is 15.9 Å². The quantitative estimate of drug-likeness (QED) is 0.0256. The second-order valence-corrected chi connectivity index (χ2v) is 28.9. The highest BCUT2D eigenvalue weighted by molar-refractivity contribution is 7.90. The zero-order chi connectivity index (χ0) is 78.3. The summed E-state index contributed by atoms with van der Waals surface area (Å²) in [4.78, 5) is 42.4. The van der Waals surface area contributed by atoms with Crippen molar-refractivity contribution in [1.82, 2.24) is 28.9 Å². The highest BCUT2D eigenvalue weighted by Gasteiger charge is 2.27. The summed E-state index contributed by atoms with van der Waals surface area (Å²) in [5.74, 6) is -6.23. The lowest BCUT2D eigenvalue weighted by molar-refractivity contribution is -0.132. The van der Waals surface area contributed by atoms with E-state index in [1.807, 2.05) is 115 Å². The number of allylic oxidation sites excluding steroid dienone is 2. The van der Waals surface area contributed by atoms with Crippen molar-refractivity contribution in [1.29, 1.82) is 5.26 Å². The zero-order valence-electron chi connectivity index (χ0n) is 60.4. The smallest absolute Gasteiger partial charge is 0.346 e. The monoisotopic (exact) mass is 1480 g/mol. The van der Waals surface area contributed by atoms with Crippen LogP contribution in [0.4, 0.5) is 43.4 Å². The van der Waals surface area contributed by atoms with Gasteiger partial charge in [0, 0.05) is 144 Å². The highest BCUT2D eigenvalue weighted by Crippen LogP contribution is 2.43. The fourth-order valence-corrected chi connectivity index (χ4v) is 13.2. The number of ether oxygens (including phenoxy) is 3. The number of anilines is 3. The van der Waals surface area contributed by atoms with Gasteiger partial charge in [0.15, 0.2) is 40.3 Å². The maximum absolute atomic E-state index is 14.6. The van der Waals surface area contributed by atoms with Crippen molar-refractivity contribution in [3.8, 4) is 90.1 Å². The molecule has 6 aromatic heterocycles. The molecule has 13 rings (SSSR count). The van der Waals surface area contributed by atoms with Gasteiger partial charge in [-0.05, 0) is 126 Å². The molecule has 0 aliphatic rings. The van der Waals surface area contributed by atoms with E-state index in [1.165, 1.54) is 64.1 Å². The third-order valence-corrected chi connectivity index (χ3v) is 18.3. The fraction of sp³-hybridized carbons (Fsp3) is 0.157. The first-order chi connectivity index (χ1) is 51.2. The maximum atomic E-state index is 14.6. The first kappa shape index (κ1) is 77.7. The number of rotatable bonds is 14. The Labute approximate surface area is 618 Å². The van der Waals surface area contributed by atoms with Gasteiger partial charge in [-0.2, -0.15) is 5.26 Å². The number of nitrogens with one attached hydrogen (secondary N) is 3. The molecule has 0 aliphatic carbocycles. The van der Waals surface area contributed by atoms with Crippen molar-refractivity contribution in [2.24, 2.45) is 10.8 Å². The van der Waals surface area contributed by atoms with Crippen LogP contribution in [0, 0.1) is 64.0 Å². The van der Waals surface area contributed by atoms with Gasteiger partial charge in [-0.1, -0.05) is 108 Å². The number of fused-ring (bicyclic) bond motifs is 3. The summed E-state index contributed by atoms with van der Waals surface area (Å²) < 4.78 is 129. The van der Waals surface area contributed by atoms with Gasteiger partial charge in [0.2, 0.25) is 0 Å². The molecule has 1 amide bonds. The fourth-order valence-electron chi connectivity index (χ4n) is 11.9. The lowest BCUT2D eigenvalue weighted by Crippen LogP contribution is -2.15. The Morgan fingerprint density at radius 2 is 0.963 bits per heavy atom. The Balaban J connectivity index is 0.000000163. The van der Waals surface area contributed by atoms with E-state index in [1.54, 1.807) is 80.2 Å². The number of nitrogens with zero attached hydrogens (tertiary/aromatic N) is 5. The number of hydrogen-bond donors (Lipinski definition) is 6. The number of carbonyl (C=O) groups is 2. The van der Waals surface area contributed by atoms with Crippen LogP contribution in [0.5, 0.6) is 17.2 Å². The van der Waals surface area contributed by atoms with Crippen LogP contribution >= 0.6 is 0 Å². The van der Waals surface area contributed by atoms with Gasteiger partial charge in [0.05, 0.1) is 26.2 Å².